The Labute approximate surface area is 211 Å². The molecule has 1 aromatic carbocycles. The van der Waals surface area contributed by atoms with Gasteiger partial charge < -0.3 is 9.80 Å². The zero-order chi connectivity index (χ0) is 27.0. The number of alkyl halides is 3. The van der Waals surface area contributed by atoms with Gasteiger partial charge in [-0.05, 0) is 37.3 Å². The van der Waals surface area contributed by atoms with Crippen LogP contribution in [0.2, 0.25) is 5.02 Å². The molecular weight excluding hydrogens is 526 g/mol. The second-order valence-corrected chi connectivity index (χ2v) is 11.5. The van der Waals surface area contributed by atoms with Crippen LogP contribution in [0.15, 0.2) is 34.7 Å². The lowest BCUT2D eigenvalue weighted by molar-refractivity contribution is -0.137. The molecule has 2 aromatic rings. The van der Waals surface area contributed by atoms with Gasteiger partial charge in [-0.1, -0.05) is 11.6 Å². The van der Waals surface area contributed by atoms with Crippen LogP contribution in [0.5, 0.6) is 0 Å². The van der Waals surface area contributed by atoms with E-state index in [2.05, 4.69) is 9.35 Å². The van der Waals surface area contributed by atoms with Crippen LogP contribution in [0.3, 0.4) is 0 Å². The third-order valence-electron chi connectivity index (χ3n) is 5.37. The first kappa shape index (κ1) is 27.7. The first-order valence-corrected chi connectivity index (χ1v) is 13.3. The first-order valence-electron chi connectivity index (χ1n) is 10.6. The second kappa shape index (κ2) is 10.2. The fraction of sp³-hybridized carbons (Fsp3) is 0.409. The molecule has 14 heteroatoms. The molecule has 0 saturated carbocycles. The highest BCUT2D eigenvalue weighted by molar-refractivity contribution is 7.92. The number of anilines is 2. The average molecular weight is 550 g/mol. The molecule has 196 valence electrons. The summed E-state index contributed by atoms with van der Waals surface area (Å²) < 4.78 is 69.8. The molecule has 1 fully saturated rings. The highest BCUT2D eigenvalue weighted by atomic mass is 35.5. The van der Waals surface area contributed by atoms with Gasteiger partial charge in [0.05, 0.1) is 23.7 Å². The minimum Gasteiger partial charge on any atom is -0.320 e. The summed E-state index contributed by atoms with van der Waals surface area (Å²) >= 11 is 5.83. The summed E-state index contributed by atoms with van der Waals surface area (Å²) in [7, 11) is -1.07. The van der Waals surface area contributed by atoms with Crippen LogP contribution in [-0.4, -0.2) is 71.3 Å². The van der Waals surface area contributed by atoms with Gasteiger partial charge in [-0.2, -0.15) is 13.2 Å². The maximum Gasteiger partial charge on any atom is 0.416 e. The van der Waals surface area contributed by atoms with Crippen molar-refractivity contribution in [2.75, 3.05) is 49.0 Å². The third kappa shape index (κ3) is 6.25. The number of carbonyl (C=O) groups is 2. The van der Waals surface area contributed by atoms with Crippen LogP contribution < -0.4 is 9.80 Å². The standard InChI is InChI=1S/C22H24ClF4N5O3S/c1-13-9-14(22(25,26)27)10-19(29-13)32-18(12-31(21(32)34)8-7-28-36(3,4)35)20(33)30(2)15-5-6-17(24)16(23)11-15/h5-6,9-11,18H,7-8,12H2,1-4H3/t18-/m0/s1. The SMILES string of the molecule is Cc1cc(C(F)(F)F)cc(N2C(=O)N(CCN=S(C)(C)=O)C[C@H]2C(=O)N(C)c2ccc(F)c(Cl)c2)n1. The van der Waals surface area contributed by atoms with Crippen LogP contribution in [0.4, 0.5) is 33.9 Å². The van der Waals surface area contributed by atoms with E-state index >= 15 is 0 Å². The van der Waals surface area contributed by atoms with E-state index in [1.165, 1.54) is 43.5 Å². The molecule has 36 heavy (non-hydrogen) atoms. The smallest absolute Gasteiger partial charge is 0.320 e. The Morgan fingerprint density at radius 1 is 1.28 bits per heavy atom. The quantitative estimate of drug-likeness (QED) is 0.505. The van der Waals surface area contributed by atoms with Gasteiger partial charge in [0.25, 0.3) is 5.91 Å². The monoisotopic (exact) mass is 549 g/mol. The van der Waals surface area contributed by atoms with Crippen LogP contribution >= 0.6 is 11.6 Å². The number of rotatable bonds is 6. The second-order valence-electron chi connectivity index (χ2n) is 8.50. The molecule has 0 bridgehead atoms. The Balaban J connectivity index is 2.02. The van der Waals surface area contributed by atoms with E-state index in [9.17, 15) is 31.4 Å². The topological polar surface area (TPSA) is 86.2 Å². The van der Waals surface area contributed by atoms with Crippen molar-refractivity contribution in [3.63, 3.8) is 0 Å². The van der Waals surface area contributed by atoms with Crippen LogP contribution in [0.1, 0.15) is 11.3 Å². The summed E-state index contributed by atoms with van der Waals surface area (Å²) in [6.07, 6.45) is -1.85. The highest BCUT2D eigenvalue weighted by Gasteiger charge is 2.45. The van der Waals surface area contributed by atoms with Crippen molar-refractivity contribution < 1.29 is 31.4 Å². The van der Waals surface area contributed by atoms with Crippen LogP contribution in [0.25, 0.3) is 0 Å². The maximum absolute atomic E-state index is 13.6. The maximum atomic E-state index is 13.6. The van der Waals surface area contributed by atoms with Crippen LogP contribution in [0, 0.1) is 12.7 Å². The molecule has 0 N–H and O–H groups in total. The van der Waals surface area contributed by atoms with Gasteiger partial charge in [-0.3, -0.25) is 13.9 Å². The Morgan fingerprint density at radius 2 is 1.94 bits per heavy atom. The van der Waals surface area contributed by atoms with Gasteiger partial charge in [0, 0.05) is 47.2 Å². The van der Waals surface area contributed by atoms with Crippen LogP contribution in [-0.2, 0) is 20.7 Å². The molecule has 1 aliphatic heterocycles. The van der Waals surface area contributed by atoms with Crippen molar-refractivity contribution in [3.05, 3.63) is 52.4 Å². The molecule has 1 aliphatic rings. The summed E-state index contributed by atoms with van der Waals surface area (Å²) in [4.78, 5) is 34.1. The number of amides is 3. The number of carbonyl (C=O) groups excluding carboxylic acids is 2. The van der Waals surface area contributed by atoms with E-state index in [0.29, 0.717) is 6.07 Å². The molecule has 1 aromatic heterocycles. The number of halogens is 5. The van der Waals surface area contributed by atoms with Crippen molar-refractivity contribution in [2.45, 2.75) is 19.1 Å². The van der Waals surface area contributed by atoms with E-state index in [-0.39, 0.29) is 41.9 Å². The summed E-state index contributed by atoms with van der Waals surface area (Å²) in [5.41, 5.74) is -0.799. The number of likely N-dealkylation sites (N-methyl/N-ethyl adjacent to an activating group) is 1. The Hall–Kier alpha value is -2.93. The van der Waals surface area contributed by atoms with Gasteiger partial charge in [0.15, 0.2) is 0 Å². The van der Waals surface area contributed by atoms with Crippen molar-refractivity contribution in [3.8, 4) is 0 Å². The fourth-order valence-corrected chi connectivity index (χ4v) is 4.35. The molecule has 3 amide bonds. The van der Waals surface area contributed by atoms with E-state index in [0.717, 1.165) is 21.9 Å². The Kier molecular flexibility index (Phi) is 7.84. The van der Waals surface area contributed by atoms with E-state index < -0.39 is 45.3 Å². The highest BCUT2D eigenvalue weighted by Crippen LogP contribution is 2.34. The summed E-state index contributed by atoms with van der Waals surface area (Å²) in [6, 6.07) is 3.13. The average Bonchev–Trinajstić information content (AvgIpc) is 3.09. The largest absolute Gasteiger partial charge is 0.416 e. The number of hydrogen-bond acceptors (Lipinski definition) is 5. The molecule has 1 saturated heterocycles. The van der Waals surface area contributed by atoms with Gasteiger partial charge in [0.2, 0.25) is 0 Å². The van der Waals surface area contributed by atoms with Gasteiger partial charge in [-0.25, -0.2) is 18.5 Å². The lowest BCUT2D eigenvalue weighted by Crippen LogP contribution is -2.47. The van der Waals surface area contributed by atoms with Gasteiger partial charge in [-0.15, -0.1) is 0 Å². The number of hydrogen-bond donors (Lipinski definition) is 0. The zero-order valence-electron chi connectivity index (χ0n) is 19.8. The number of nitrogens with zero attached hydrogens (tertiary/aromatic N) is 5. The van der Waals surface area contributed by atoms with E-state index in [4.69, 9.17) is 11.6 Å². The van der Waals surface area contributed by atoms with E-state index in [1.807, 2.05) is 0 Å². The third-order valence-corrected chi connectivity index (χ3v) is 6.47. The first-order chi connectivity index (χ1) is 16.6. The lowest BCUT2D eigenvalue weighted by Gasteiger charge is -2.27. The summed E-state index contributed by atoms with van der Waals surface area (Å²) in [5.74, 6) is -1.69. The van der Waals surface area contributed by atoms with E-state index in [1.54, 1.807) is 0 Å². The molecule has 2 heterocycles. The molecule has 8 nitrogen and oxygen atoms in total. The minimum atomic E-state index is -4.70. The Morgan fingerprint density at radius 3 is 2.53 bits per heavy atom. The number of urea groups is 1. The number of aromatic nitrogens is 1. The van der Waals surface area contributed by atoms with Crippen molar-refractivity contribution in [1.82, 2.24) is 9.88 Å². The Bertz CT molecular complexity index is 1310. The molecular formula is C22H24ClF4N5O3S. The predicted molar refractivity (Wildman–Crippen MR) is 129 cm³/mol. The predicted octanol–water partition coefficient (Wildman–Crippen LogP) is 4.20. The molecule has 0 spiro atoms. The summed E-state index contributed by atoms with van der Waals surface area (Å²) in [6.45, 7) is 1.16. The normalized spacial score (nSPS) is 16.5. The molecule has 3 rings (SSSR count). The van der Waals surface area contributed by atoms with Gasteiger partial charge in [0.1, 0.15) is 17.7 Å². The lowest BCUT2D eigenvalue weighted by atomic mass is 10.1. The fourth-order valence-electron chi connectivity index (χ4n) is 3.65. The molecule has 0 unspecified atom stereocenters. The number of benzene rings is 1. The van der Waals surface area contributed by atoms with Crippen molar-refractivity contribution >= 4 is 44.8 Å². The molecule has 0 aliphatic carbocycles. The van der Waals surface area contributed by atoms with Crippen molar-refractivity contribution in [2.24, 2.45) is 4.36 Å². The number of aryl methyl sites for hydroxylation is 1. The van der Waals surface area contributed by atoms with Gasteiger partial charge >= 0.3 is 12.2 Å². The van der Waals surface area contributed by atoms with Crippen molar-refractivity contribution in [1.29, 1.82) is 0 Å². The molecule has 0 radical (unpaired) electrons. The minimum absolute atomic E-state index is 0.00245. The summed E-state index contributed by atoms with van der Waals surface area (Å²) in [5, 5.41) is -0.229. The molecule has 1 atom stereocenters. The zero-order valence-corrected chi connectivity index (χ0v) is 21.4. The number of pyridine rings is 1.